The second kappa shape index (κ2) is 5.78. The molecule has 8 heteroatoms. The van der Waals surface area contributed by atoms with Crippen LogP contribution in [0.5, 0.6) is 0 Å². The molecule has 2 atom stereocenters. The zero-order valence-corrected chi connectivity index (χ0v) is 13.0. The number of hydrogen-bond acceptors (Lipinski definition) is 4. The number of sulfonamides is 1. The van der Waals surface area contributed by atoms with Crippen LogP contribution in [0.3, 0.4) is 0 Å². The molecule has 0 aliphatic carbocycles. The maximum absolute atomic E-state index is 12.4. The zero-order valence-electron chi connectivity index (χ0n) is 11.4. The van der Waals surface area contributed by atoms with Crippen LogP contribution < -0.4 is 5.73 Å². The van der Waals surface area contributed by atoms with Gasteiger partial charge in [-0.25, -0.2) is 13.4 Å². The normalized spacial score (nSPS) is 24.4. The van der Waals surface area contributed by atoms with Gasteiger partial charge in [-0.1, -0.05) is 6.92 Å². The van der Waals surface area contributed by atoms with Crippen molar-refractivity contribution in [1.82, 2.24) is 13.9 Å². The van der Waals surface area contributed by atoms with Gasteiger partial charge in [0, 0.05) is 31.9 Å². The van der Waals surface area contributed by atoms with E-state index in [0.29, 0.717) is 25.5 Å². The Labute approximate surface area is 120 Å². The maximum Gasteiger partial charge on any atom is 0.262 e. The fourth-order valence-electron chi connectivity index (χ4n) is 2.20. The molecule has 6 nitrogen and oxygen atoms in total. The van der Waals surface area contributed by atoms with Gasteiger partial charge in [-0.3, -0.25) is 0 Å². The lowest BCUT2D eigenvalue weighted by Gasteiger charge is -2.13. The summed E-state index contributed by atoms with van der Waals surface area (Å²) in [6, 6.07) is -0.0888. The number of rotatable bonds is 3. The number of nitrogens with two attached hydrogens (primary N) is 1. The van der Waals surface area contributed by atoms with E-state index >= 15 is 0 Å². The summed E-state index contributed by atoms with van der Waals surface area (Å²) in [7, 11) is -3.49. The second-order valence-corrected chi connectivity index (χ2v) is 6.76. The standard InChI is InChI=1S/C11H20N4O2S.ClH/c1-4-14-7-11(13-9(14)3)18(16,17)15-5-8(2)10(12)6-15;/h7-8,10H,4-6,12H2,1-3H3;1H. The highest BCUT2D eigenvalue weighted by Crippen LogP contribution is 2.23. The number of aromatic nitrogens is 2. The summed E-state index contributed by atoms with van der Waals surface area (Å²) in [6.45, 7) is 7.29. The first-order valence-corrected chi connectivity index (χ1v) is 7.59. The summed E-state index contributed by atoms with van der Waals surface area (Å²) in [5, 5.41) is 0.128. The lowest BCUT2D eigenvalue weighted by Crippen LogP contribution is -2.32. The summed E-state index contributed by atoms with van der Waals surface area (Å²) < 4.78 is 28.1. The molecule has 0 amide bonds. The Morgan fingerprint density at radius 2 is 2.11 bits per heavy atom. The molecule has 1 aliphatic rings. The van der Waals surface area contributed by atoms with Crippen molar-refractivity contribution in [2.24, 2.45) is 11.7 Å². The van der Waals surface area contributed by atoms with Gasteiger partial charge in [0.05, 0.1) is 0 Å². The molecule has 1 fully saturated rings. The molecule has 0 saturated carbocycles. The average molecular weight is 309 g/mol. The number of hydrogen-bond donors (Lipinski definition) is 1. The Balaban J connectivity index is 0.00000180. The molecular formula is C11H21ClN4O2S. The first kappa shape index (κ1) is 16.4. The first-order valence-electron chi connectivity index (χ1n) is 6.15. The van der Waals surface area contributed by atoms with E-state index < -0.39 is 10.0 Å². The zero-order chi connectivity index (χ0) is 13.5. The van der Waals surface area contributed by atoms with Crippen LogP contribution in [0.2, 0.25) is 0 Å². The van der Waals surface area contributed by atoms with E-state index in [-0.39, 0.29) is 29.4 Å². The monoisotopic (exact) mass is 308 g/mol. The fourth-order valence-corrected chi connectivity index (χ4v) is 3.77. The molecule has 1 aliphatic heterocycles. The van der Waals surface area contributed by atoms with Gasteiger partial charge in [-0.15, -0.1) is 12.4 Å². The molecule has 1 aromatic rings. The highest BCUT2D eigenvalue weighted by Gasteiger charge is 2.36. The first-order chi connectivity index (χ1) is 8.36. The predicted octanol–water partition coefficient (Wildman–Crippen LogP) is 0.601. The van der Waals surface area contributed by atoms with Gasteiger partial charge in [0.2, 0.25) is 0 Å². The van der Waals surface area contributed by atoms with Crippen molar-refractivity contribution in [3.8, 4) is 0 Å². The van der Waals surface area contributed by atoms with Crippen LogP contribution in [0.1, 0.15) is 19.7 Å². The predicted molar refractivity (Wildman–Crippen MR) is 75.8 cm³/mol. The van der Waals surface area contributed by atoms with Crippen molar-refractivity contribution < 1.29 is 8.42 Å². The molecule has 0 spiro atoms. The van der Waals surface area contributed by atoms with E-state index in [0.717, 1.165) is 0 Å². The largest absolute Gasteiger partial charge is 0.334 e. The summed E-state index contributed by atoms with van der Waals surface area (Å²) in [5.41, 5.74) is 5.87. The van der Waals surface area contributed by atoms with Crippen LogP contribution in [-0.2, 0) is 16.6 Å². The minimum Gasteiger partial charge on any atom is -0.334 e. The topological polar surface area (TPSA) is 81.2 Å². The van der Waals surface area contributed by atoms with Gasteiger partial charge < -0.3 is 10.3 Å². The molecule has 0 aromatic carbocycles. The van der Waals surface area contributed by atoms with Gasteiger partial charge in [-0.2, -0.15) is 4.31 Å². The fraction of sp³-hybridized carbons (Fsp3) is 0.727. The van der Waals surface area contributed by atoms with Crippen molar-refractivity contribution in [2.45, 2.75) is 38.4 Å². The van der Waals surface area contributed by atoms with Crippen LogP contribution in [-0.4, -0.2) is 41.4 Å². The third kappa shape index (κ3) is 2.94. The number of imidazole rings is 1. The summed E-state index contributed by atoms with van der Waals surface area (Å²) >= 11 is 0. The lowest BCUT2D eigenvalue weighted by atomic mass is 10.1. The van der Waals surface area contributed by atoms with Gasteiger partial charge in [0.25, 0.3) is 10.0 Å². The molecule has 2 heterocycles. The number of aryl methyl sites for hydroxylation is 2. The maximum atomic E-state index is 12.4. The summed E-state index contributed by atoms with van der Waals surface area (Å²) in [4.78, 5) is 4.14. The van der Waals surface area contributed by atoms with Crippen molar-refractivity contribution >= 4 is 22.4 Å². The Kier molecular flexibility index (Phi) is 5.00. The molecule has 1 saturated heterocycles. The Hall–Kier alpha value is -0.630. The highest BCUT2D eigenvalue weighted by atomic mass is 35.5. The van der Waals surface area contributed by atoms with Crippen molar-refractivity contribution in [1.29, 1.82) is 0 Å². The van der Waals surface area contributed by atoms with Gasteiger partial charge in [0.15, 0.2) is 5.03 Å². The molecule has 2 N–H and O–H groups in total. The Morgan fingerprint density at radius 3 is 2.53 bits per heavy atom. The molecule has 19 heavy (non-hydrogen) atoms. The van der Waals surface area contributed by atoms with Crippen LogP contribution >= 0.6 is 12.4 Å². The smallest absolute Gasteiger partial charge is 0.262 e. The summed E-state index contributed by atoms with van der Waals surface area (Å²) in [5.74, 6) is 0.904. The molecule has 0 bridgehead atoms. The lowest BCUT2D eigenvalue weighted by molar-refractivity contribution is 0.461. The van der Waals surface area contributed by atoms with E-state index in [1.807, 2.05) is 18.4 Å². The molecule has 0 radical (unpaired) electrons. The highest BCUT2D eigenvalue weighted by molar-refractivity contribution is 7.89. The van der Waals surface area contributed by atoms with Crippen LogP contribution in [0.4, 0.5) is 0 Å². The van der Waals surface area contributed by atoms with Gasteiger partial charge >= 0.3 is 0 Å². The van der Waals surface area contributed by atoms with Crippen molar-refractivity contribution in [3.05, 3.63) is 12.0 Å². The third-order valence-corrected chi connectivity index (χ3v) is 5.24. The Morgan fingerprint density at radius 1 is 1.47 bits per heavy atom. The van der Waals surface area contributed by atoms with Crippen molar-refractivity contribution in [3.63, 3.8) is 0 Å². The van der Waals surface area contributed by atoms with Crippen molar-refractivity contribution in [2.75, 3.05) is 13.1 Å². The molecule has 110 valence electrons. The number of nitrogens with zero attached hydrogens (tertiary/aromatic N) is 3. The SMILES string of the molecule is CCn1cc(S(=O)(=O)N2CC(C)C(N)C2)nc1C.Cl. The Bertz CT molecular complexity index is 533. The van der Waals surface area contributed by atoms with E-state index in [2.05, 4.69) is 4.98 Å². The number of halogens is 1. The summed E-state index contributed by atoms with van der Waals surface area (Å²) in [6.07, 6.45) is 1.60. The molecule has 2 unspecified atom stereocenters. The molecular weight excluding hydrogens is 288 g/mol. The average Bonchev–Trinajstić information content (AvgIpc) is 2.84. The van der Waals surface area contributed by atoms with Gasteiger partial charge in [-0.05, 0) is 19.8 Å². The van der Waals surface area contributed by atoms with Gasteiger partial charge in [0.1, 0.15) is 5.82 Å². The van der Waals surface area contributed by atoms with Crippen LogP contribution in [0, 0.1) is 12.8 Å². The minimum absolute atomic E-state index is 0. The molecule has 1 aromatic heterocycles. The van der Waals surface area contributed by atoms with E-state index in [1.165, 1.54) is 4.31 Å². The van der Waals surface area contributed by atoms with E-state index in [4.69, 9.17) is 5.73 Å². The minimum atomic E-state index is -3.49. The quantitative estimate of drug-likeness (QED) is 0.886. The van der Waals surface area contributed by atoms with E-state index in [1.54, 1.807) is 13.1 Å². The second-order valence-electron chi connectivity index (χ2n) is 4.88. The molecule has 2 rings (SSSR count). The van der Waals surface area contributed by atoms with Crippen LogP contribution in [0.25, 0.3) is 0 Å². The third-order valence-electron chi connectivity index (χ3n) is 3.54. The van der Waals surface area contributed by atoms with Crippen LogP contribution in [0.15, 0.2) is 11.2 Å². The van der Waals surface area contributed by atoms with E-state index in [9.17, 15) is 8.42 Å².